The zero-order chi connectivity index (χ0) is 20.4. The molecule has 0 heterocycles. The third-order valence-corrected chi connectivity index (χ3v) is 3.84. The van der Waals surface area contributed by atoms with E-state index in [4.69, 9.17) is 21.7 Å². The molecule has 2 aromatic carbocycles. The number of esters is 1. The molecule has 2 aromatic rings. The Morgan fingerprint density at radius 1 is 1.21 bits per heavy atom. The molecule has 0 unspecified atom stereocenters. The molecule has 2 N–H and O–H groups in total. The Morgan fingerprint density at radius 3 is 2.61 bits per heavy atom. The van der Waals surface area contributed by atoms with Gasteiger partial charge in [-0.25, -0.2) is 4.79 Å². The van der Waals surface area contributed by atoms with Crippen LogP contribution in [0.25, 0.3) is 0 Å². The Kier molecular flexibility index (Phi) is 8.17. The Bertz CT molecular complexity index is 863. The van der Waals surface area contributed by atoms with Gasteiger partial charge in [-0.05, 0) is 49.0 Å². The van der Waals surface area contributed by atoms with Crippen molar-refractivity contribution < 1.29 is 14.3 Å². The second kappa shape index (κ2) is 10.8. The molecular formula is C21H23N3O3S. The minimum Gasteiger partial charge on any atom is -0.488 e. The van der Waals surface area contributed by atoms with Gasteiger partial charge in [0.25, 0.3) is 0 Å². The molecule has 0 fully saturated rings. The summed E-state index contributed by atoms with van der Waals surface area (Å²) in [4.78, 5) is 11.5. The highest BCUT2D eigenvalue weighted by molar-refractivity contribution is 7.80. The first-order chi connectivity index (χ1) is 13.5. The summed E-state index contributed by atoms with van der Waals surface area (Å²) in [6.07, 6.45) is 1.64. The van der Waals surface area contributed by atoms with Crippen LogP contribution >= 0.6 is 12.2 Å². The summed E-state index contributed by atoms with van der Waals surface area (Å²) in [5.41, 5.74) is 5.98. The number of methoxy groups -OCH3 is 1. The second-order valence-corrected chi connectivity index (χ2v) is 6.43. The van der Waals surface area contributed by atoms with Crippen LogP contribution in [0, 0.1) is 0 Å². The Balaban J connectivity index is 1.94. The lowest BCUT2D eigenvalue weighted by atomic mass is 10.1. The fourth-order valence-corrected chi connectivity index (χ4v) is 2.29. The van der Waals surface area contributed by atoms with E-state index in [1.807, 2.05) is 43.3 Å². The number of hydrazone groups is 1. The number of carbonyl (C=O) groups is 1. The molecule has 0 aliphatic rings. The van der Waals surface area contributed by atoms with Crippen molar-refractivity contribution in [2.45, 2.75) is 13.5 Å². The number of benzene rings is 2. The largest absolute Gasteiger partial charge is 0.488 e. The number of nitrogens with zero attached hydrogens (tertiary/aromatic N) is 1. The van der Waals surface area contributed by atoms with Crippen molar-refractivity contribution in [2.75, 3.05) is 13.7 Å². The van der Waals surface area contributed by atoms with Crippen molar-refractivity contribution in [1.29, 1.82) is 0 Å². The number of carbonyl (C=O) groups excluding carboxylic acids is 1. The van der Waals surface area contributed by atoms with Crippen molar-refractivity contribution in [2.24, 2.45) is 5.10 Å². The van der Waals surface area contributed by atoms with E-state index in [1.165, 1.54) is 7.11 Å². The van der Waals surface area contributed by atoms with Gasteiger partial charge in [-0.2, -0.15) is 5.10 Å². The number of hydrogen-bond donors (Lipinski definition) is 2. The number of para-hydroxylation sites is 1. The molecular weight excluding hydrogens is 374 g/mol. The van der Waals surface area contributed by atoms with Crippen LogP contribution in [0.1, 0.15) is 28.4 Å². The number of hydrogen-bond acceptors (Lipinski definition) is 5. The van der Waals surface area contributed by atoms with Crippen LogP contribution in [-0.2, 0) is 11.3 Å². The van der Waals surface area contributed by atoms with Gasteiger partial charge < -0.3 is 14.8 Å². The fraction of sp³-hybridized carbons (Fsp3) is 0.190. The Hall–Kier alpha value is -3.19. The summed E-state index contributed by atoms with van der Waals surface area (Å²) in [5.74, 6) is 0.322. The lowest BCUT2D eigenvalue weighted by Gasteiger charge is -2.10. The molecule has 0 atom stereocenters. The summed E-state index contributed by atoms with van der Waals surface area (Å²) < 4.78 is 10.6. The number of rotatable bonds is 8. The number of thiocarbonyl (C=S) groups is 1. The van der Waals surface area contributed by atoms with E-state index in [0.717, 1.165) is 16.7 Å². The fourth-order valence-electron chi connectivity index (χ4n) is 2.17. The van der Waals surface area contributed by atoms with Gasteiger partial charge in [0.05, 0.1) is 18.9 Å². The highest BCUT2D eigenvalue weighted by Gasteiger charge is 2.06. The van der Waals surface area contributed by atoms with Crippen LogP contribution in [0.15, 0.2) is 65.8 Å². The van der Waals surface area contributed by atoms with E-state index in [9.17, 15) is 4.79 Å². The minimum absolute atomic E-state index is 0.359. The molecule has 0 aliphatic heterocycles. The molecule has 0 spiro atoms. The molecule has 146 valence electrons. The van der Waals surface area contributed by atoms with Crippen LogP contribution in [0.4, 0.5) is 0 Å². The monoisotopic (exact) mass is 397 g/mol. The molecule has 0 amide bonds. The van der Waals surface area contributed by atoms with E-state index < -0.39 is 0 Å². The number of nitrogens with one attached hydrogen (secondary N) is 2. The lowest BCUT2D eigenvalue weighted by molar-refractivity contribution is 0.0600. The third kappa shape index (κ3) is 6.85. The van der Waals surface area contributed by atoms with E-state index >= 15 is 0 Å². The molecule has 28 heavy (non-hydrogen) atoms. The first kappa shape index (κ1) is 21.1. The maximum atomic E-state index is 11.5. The maximum Gasteiger partial charge on any atom is 0.337 e. The third-order valence-electron chi connectivity index (χ3n) is 3.61. The van der Waals surface area contributed by atoms with Gasteiger partial charge in [0.15, 0.2) is 5.11 Å². The topological polar surface area (TPSA) is 72.0 Å². The van der Waals surface area contributed by atoms with Crippen LogP contribution in [-0.4, -0.2) is 31.0 Å². The molecule has 0 saturated carbocycles. The molecule has 0 aromatic heterocycles. The Labute approximate surface area is 170 Å². The molecule has 6 nitrogen and oxygen atoms in total. The normalized spacial score (nSPS) is 10.4. The molecule has 0 aliphatic carbocycles. The predicted octanol–water partition coefficient (Wildman–Crippen LogP) is 3.43. The highest BCUT2D eigenvalue weighted by atomic mass is 32.1. The van der Waals surface area contributed by atoms with Crippen LogP contribution in [0.3, 0.4) is 0 Å². The maximum absolute atomic E-state index is 11.5. The van der Waals surface area contributed by atoms with Gasteiger partial charge in [0.2, 0.25) is 0 Å². The zero-order valence-electron chi connectivity index (χ0n) is 15.9. The lowest BCUT2D eigenvalue weighted by Crippen LogP contribution is -2.32. The van der Waals surface area contributed by atoms with Crippen molar-refractivity contribution >= 4 is 29.5 Å². The quantitative estimate of drug-likeness (QED) is 0.234. The smallest absolute Gasteiger partial charge is 0.337 e. The van der Waals surface area contributed by atoms with Crippen molar-refractivity contribution in [3.63, 3.8) is 0 Å². The van der Waals surface area contributed by atoms with Gasteiger partial charge in [-0.3, -0.25) is 5.43 Å². The van der Waals surface area contributed by atoms with Crippen molar-refractivity contribution in [3.05, 3.63) is 77.4 Å². The molecule has 0 radical (unpaired) electrons. The zero-order valence-corrected chi connectivity index (χ0v) is 16.7. The standard InChI is InChI=1S/C21H23N3O3S/c1-15(2)12-22-21(28)24-23-13-18-6-4-5-7-19(18)27-14-16-8-10-17(11-9-16)20(25)26-3/h4-11,13H,1,12,14H2,2-3H3,(H2,22,24,28). The SMILES string of the molecule is C=C(C)CNC(=S)NN=Cc1ccccc1OCc1ccc(C(=O)OC)cc1. The summed E-state index contributed by atoms with van der Waals surface area (Å²) >= 11 is 5.13. The highest BCUT2D eigenvalue weighted by Crippen LogP contribution is 2.18. The molecule has 2 rings (SSSR count). The summed E-state index contributed by atoms with van der Waals surface area (Å²) in [6, 6.07) is 14.6. The van der Waals surface area contributed by atoms with Crippen molar-refractivity contribution in [3.8, 4) is 5.75 Å². The average molecular weight is 398 g/mol. The van der Waals surface area contributed by atoms with E-state index in [2.05, 4.69) is 22.4 Å². The second-order valence-electron chi connectivity index (χ2n) is 6.02. The minimum atomic E-state index is -0.364. The molecule has 0 saturated heterocycles. The van der Waals surface area contributed by atoms with Crippen molar-refractivity contribution in [1.82, 2.24) is 10.7 Å². The van der Waals surface area contributed by atoms with E-state index in [0.29, 0.717) is 29.6 Å². The van der Waals surface area contributed by atoms with Gasteiger partial charge >= 0.3 is 5.97 Å². The predicted molar refractivity (Wildman–Crippen MR) is 115 cm³/mol. The molecule has 0 bridgehead atoms. The number of ether oxygens (including phenoxy) is 2. The summed E-state index contributed by atoms with van der Waals surface area (Å²) in [7, 11) is 1.36. The summed E-state index contributed by atoms with van der Waals surface area (Å²) in [6.45, 7) is 6.67. The van der Waals surface area contributed by atoms with Crippen LogP contribution in [0.5, 0.6) is 5.75 Å². The first-order valence-electron chi connectivity index (χ1n) is 8.60. The van der Waals surface area contributed by atoms with Gasteiger partial charge in [0.1, 0.15) is 12.4 Å². The van der Waals surface area contributed by atoms with Gasteiger partial charge in [-0.1, -0.05) is 36.4 Å². The van der Waals surface area contributed by atoms with Crippen LogP contribution < -0.4 is 15.5 Å². The molecule has 7 heteroatoms. The van der Waals surface area contributed by atoms with Crippen LogP contribution in [0.2, 0.25) is 0 Å². The van der Waals surface area contributed by atoms with Gasteiger partial charge in [-0.15, -0.1) is 0 Å². The first-order valence-corrected chi connectivity index (χ1v) is 9.01. The summed E-state index contributed by atoms with van der Waals surface area (Å²) in [5, 5.41) is 7.54. The average Bonchev–Trinajstić information content (AvgIpc) is 2.71. The Morgan fingerprint density at radius 2 is 1.93 bits per heavy atom. The van der Waals surface area contributed by atoms with E-state index in [-0.39, 0.29) is 5.97 Å². The van der Waals surface area contributed by atoms with E-state index in [1.54, 1.807) is 18.3 Å². The van der Waals surface area contributed by atoms with Gasteiger partial charge in [0, 0.05) is 12.1 Å².